The first-order valence-electron chi connectivity index (χ1n) is 5.41. The van der Waals surface area contributed by atoms with E-state index in [1.807, 2.05) is 18.2 Å². The van der Waals surface area contributed by atoms with Crippen LogP contribution in [0.15, 0.2) is 30.3 Å². The number of nitrogens with two attached hydrogens (primary N) is 1. The Balaban J connectivity index is 2.49. The molecule has 1 aromatic rings. The third-order valence-corrected chi connectivity index (χ3v) is 3.47. The number of rotatable bonds is 6. The number of ketones is 1. The van der Waals surface area contributed by atoms with Crippen LogP contribution in [0, 0.1) is 0 Å². The van der Waals surface area contributed by atoms with Gasteiger partial charge in [-0.2, -0.15) is 0 Å². The average Bonchev–Trinajstić information content (AvgIpc) is 2.27. The minimum absolute atomic E-state index is 0.0280. The molecule has 1 aromatic carbocycles. The molecule has 5 heteroatoms. The summed E-state index contributed by atoms with van der Waals surface area (Å²) in [7, 11) is -3.00. The van der Waals surface area contributed by atoms with Gasteiger partial charge in [0.15, 0.2) is 5.78 Å². The molecule has 94 valence electrons. The molecule has 1 rings (SSSR count). The van der Waals surface area contributed by atoms with Crippen LogP contribution < -0.4 is 5.73 Å². The number of Topliss-reactive ketones (excluding diaryl/α,β-unsaturated/α-hetero) is 1. The summed E-state index contributed by atoms with van der Waals surface area (Å²) in [6.45, 7) is 0. The second-order valence-electron chi connectivity index (χ2n) is 4.09. The zero-order chi connectivity index (χ0) is 12.9. The van der Waals surface area contributed by atoms with Gasteiger partial charge in [-0.1, -0.05) is 30.3 Å². The maximum absolute atomic E-state index is 11.7. The van der Waals surface area contributed by atoms with Gasteiger partial charge in [0, 0.05) is 12.7 Å². The van der Waals surface area contributed by atoms with Crippen molar-refractivity contribution in [2.45, 2.75) is 18.9 Å². The van der Waals surface area contributed by atoms with Crippen molar-refractivity contribution in [2.75, 3.05) is 12.0 Å². The van der Waals surface area contributed by atoms with E-state index in [1.165, 1.54) is 0 Å². The van der Waals surface area contributed by atoms with E-state index in [2.05, 4.69) is 0 Å². The first kappa shape index (κ1) is 13.9. The maximum atomic E-state index is 11.7. The lowest BCUT2D eigenvalue weighted by Crippen LogP contribution is -2.21. The Hall–Kier alpha value is -1.20. The summed E-state index contributed by atoms with van der Waals surface area (Å²) in [5.41, 5.74) is 6.55. The van der Waals surface area contributed by atoms with Gasteiger partial charge in [0.25, 0.3) is 0 Å². The van der Waals surface area contributed by atoms with Gasteiger partial charge in [0.2, 0.25) is 0 Å². The molecule has 0 heterocycles. The Morgan fingerprint density at radius 1 is 1.29 bits per heavy atom. The Kier molecular flexibility index (Phi) is 4.84. The van der Waals surface area contributed by atoms with Crippen LogP contribution >= 0.6 is 0 Å². The van der Waals surface area contributed by atoms with Crippen molar-refractivity contribution in [3.8, 4) is 0 Å². The summed E-state index contributed by atoms with van der Waals surface area (Å²) in [5, 5.41) is 0. The third-order valence-electron chi connectivity index (χ3n) is 2.44. The van der Waals surface area contributed by atoms with E-state index in [9.17, 15) is 13.2 Å². The third kappa shape index (κ3) is 5.10. The molecular weight excluding hydrogens is 238 g/mol. The Morgan fingerprint density at radius 3 is 2.41 bits per heavy atom. The molecule has 0 spiro atoms. The van der Waals surface area contributed by atoms with Crippen molar-refractivity contribution in [1.82, 2.24) is 0 Å². The van der Waals surface area contributed by atoms with Gasteiger partial charge in [-0.15, -0.1) is 0 Å². The fourth-order valence-corrected chi connectivity index (χ4v) is 2.18. The molecule has 0 radical (unpaired) electrons. The Morgan fingerprint density at radius 2 is 1.88 bits per heavy atom. The monoisotopic (exact) mass is 255 g/mol. The molecule has 0 aliphatic carbocycles. The molecule has 4 nitrogen and oxygen atoms in total. The van der Waals surface area contributed by atoms with Crippen LogP contribution in [0.1, 0.15) is 24.4 Å². The molecule has 0 unspecified atom stereocenters. The number of carbonyl (C=O) groups is 1. The first-order valence-corrected chi connectivity index (χ1v) is 7.47. The number of hydrogen-bond donors (Lipinski definition) is 1. The van der Waals surface area contributed by atoms with Crippen LogP contribution in [0.2, 0.25) is 0 Å². The van der Waals surface area contributed by atoms with Crippen molar-refractivity contribution in [1.29, 1.82) is 0 Å². The topological polar surface area (TPSA) is 77.2 Å². The summed E-state index contributed by atoms with van der Waals surface area (Å²) in [6.07, 6.45) is 1.69. The second kappa shape index (κ2) is 5.93. The molecule has 0 saturated heterocycles. The number of sulfone groups is 1. The van der Waals surface area contributed by atoms with Crippen LogP contribution in [0.5, 0.6) is 0 Å². The smallest absolute Gasteiger partial charge is 0.154 e. The standard InChI is InChI=1S/C12H17NO3S/c1-17(15,16)9-5-8-11(14)12(13)10-6-3-2-4-7-10/h2-4,6-7,12H,5,8-9,13H2,1H3/t12-/m1/s1. The molecule has 0 aliphatic rings. The highest BCUT2D eigenvalue weighted by Gasteiger charge is 2.15. The van der Waals surface area contributed by atoms with Crippen LogP contribution in [0.25, 0.3) is 0 Å². The molecule has 0 fully saturated rings. The van der Waals surface area contributed by atoms with Crippen LogP contribution in [0.3, 0.4) is 0 Å². The van der Waals surface area contributed by atoms with Gasteiger partial charge in [0.1, 0.15) is 9.84 Å². The first-order chi connectivity index (χ1) is 7.90. The summed E-state index contributed by atoms with van der Waals surface area (Å²) in [4.78, 5) is 11.7. The van der Waals surface area contributed by atoms with Gasteiger partial charge in [-0.25, -0.2) is 8.42 Å². The van der Waals surface area contributed by atoms with Gasteiger partial charge >= 0.3 is 0 Å². The fourth-order valence-electron chi connectivity index (χ4n) is 1.51. The van der Waals surface area contributed by atoms with Gasteiger partial charge < -0.3 is 5.73 Å². The summed E-state index contributed by atoms with van der Waals surface area (Å²) < 4.78 is 21.8. The van der Waals surface area contributed by atoms with Crippen LogP contribution in [0.4, 0.5) is 0 Å². The SMILES string of the molecule is CS(=O)(=O)CCCC(=O)[C@H](N)c1ccccc1. The minimum atomic E-state index is -3.00. The molecule has 0 amide bonds. The van der Waals surface area contributed by atoms with Crippen molar-refractivity contribution in [2.24, 2.45) is 5.73 Å². The summed E-state index contributed by atoms with van der Waals surface area (Å²) >= 11 is 0. The summed E-state index contributed by atoms with van der Waals surface area (Å²) in [6, 6.07) is 8.41. The zero-order valence-electron chi connectivity index (χ0n) is 9.80. The highest BCUT2D eigenvalue weighted by molar-refractivity contribution is 7.90. The highest BCUT2D eigenvalue weighted by Crippen LogP contribution is 2.13. The van der Waals surface area contributed by atoms with Crippen molar-refractivity contribution in [3.63, 3.8) is 0 Å². The lowest BCUT2D eigenvalue weighted by Gasteiger charge is -2.10. The number of hydrogen-bond acceptors (Lipinski definition) is 4. The lowest BCUT2D eigenvalue weighted by molar-refractivity contribution is -0.120. The number of benzene rings is 1. The number of carbonyl (C=O) groups excluding carboxylic acids is 1. The van der Waals surface area contributed by atoms with E-state index >= 15 is 0 Å². The quantitative estimate of drug-likeness (QED) is 0.825. The van der Waals surface area contributed by atoms with E-state index in [4.69, 9.17) is 5.73 Å². The van der Waals surface area contributed by atoms with Gasteiger partial charge in [0.05, 0.1) is 11.8 Å². The molecular formula is C12H17NO3S. The minimum Gasteiger partial charge on any atom is -0.318 e. The average molecular weight is 255 g/mol. The largest absolute Gasteiger partial charge is 0.318 e. The normalized spacial score (nSPS) is 13.3. The maximum Gasteiger partial charge on any atom is 0.154 e. The van der Waals surface area contributed by atoms with Crippen molar-refractivity contribution >= 4 is 15.6 Å². The van der Waals surface area contributed by atoms with Gasteiger partial charge in [-0.05, 0) is 12.0 Å². The van der Waals surface area contributed by atoms with Gasteiger partial charge in [-0.3, -0.25) is 4.79 Å². The predicted molar refractivity (Wildman–Crippen MR) is 67.3 cm³/mol. The Bertz CT molecular complexity index is 468. The predicted octanol–water partition coefficient (Wildman–Crippen LogP) is 1.08. The molecule has 0 aromatic heterocycles. The van der Waals surface area contributed by atoms with Crippen molar-refractivity contribution in [3.05, 3.63) is 35.9 Å². The lowest BCUT2D eigenvalue weighted by atomic mass is 10.0. The molecule has 0 bridgehead atoms. The van der Waals surface area contributed by atoms with Crippen molar-refractivity contribution < 1.29 is 13.2 Å². The highest BCUT2D eigenvalue weighted by atomic mass is 32.2. The van der Waals surface area contributed by atoms with E-state index < -0.39 is 15.9 Å². The molecule has 0 aliphatic heterocycles. The molecule has 2 N–H and O–H groups in total. The summed E-state index contributed by atoms with van der Waals surface area (Å²) in [5.74, 6) is -0.0971. The second-order valence-corrected chi connectivity index (χ2v) is 6.35. The molecule has 1 atom stereocenters. The zero-order valence-corrected chi connectivity index (χ0v) is 10.6. The van der Waals surface area contributed by atoms with E-state index in [-0.39, 0.29) is 18.0 Å². The Labute approximate surface area is 102 Å². The fraction of sp³-hybridized carbons (Fsp3) is 0.417. The van der Waals surface area contributed by atoms with E-state index in [0.29, 0.717) is 6.42 Å². The molecule has 17 heavy (non-hydrogen) atoms. The van der Waals surface area contributed by atoms with E-state index in [0.717, 1.165) is 11.8 Å². The molecule has 0 saturated carbocycles. The van der Waals surface area contributed by atoms with E-state index in [1.54, 1.807) is 12.1 Å². The van der Waals surface area contributed by atoms with Crippen LogP contribution in [-0.4, -0.2) is 26.2 Å². The van der Waals surface area contributed by atoms with Crippen LogP contribution in [-0.2, 0) is 14.6 Å².